The molecule has 3 unspecified atom stereocenters. The molecule has 6 heteroatoms. The Kier molecular flexibility index (Phi) is 3.41. The molecule has 21 heavy (non-hydrogen) atoms. The molecule has 2 fully saturated rings. The first-order valence-electron chi connectivity index (χ1n) is 6.96. The zero-order valence-electron chi connectivity index (χ0n) is 11.8. The second kappa shape index (κ2) is 4.78. The normalized spacial score (nSPS) is 30.7. The Morgan fingerprint density at radius 1 is 1.33 bits per heavy atom. The van der Waals surface area contributed by atoms with Gasteiger partial charge in [0.1, 0.15) is 0 Å². The Morgan fingerprint density at radius 2 is 2.05 bits per heavy atom. The SMILES string of the molecule is CC1(C)C(Nc2ccc(Cl)cc2C(F)(F)F)C2CCOC21. The van der Waals surface area contributed by atoms with E-state index in [0.29, 0.717) is 6.61 Å². The van der Waals surface area contributed by atoms with Gasteiger partial charge in [-0.2, -0.15) is 13.2 Å². The smallest absolute Gasteiger partial charge is 0.381 e. The molecule has 1 saturated carbocycles. The molecule has 116 valence electrons. The van der Waals surface area contributed by atoms with Crippen molar-refractivity contribution in [3.63, 3.8) is 0 Å². The molecule has 2 nitrogen and oxygen atoms in total. The molecule has 1 aliphatic heterocycles. The first-order valence-corrected chi connectivity index (χ1v) is 7.34. The first-order chi connectivity index (χ1) is 9.71. The number of nitrogens with one attached hydrogen (secondary N) is 1. The molecule has 1 N–H and O–H groups in total. The quantitative estimate of drug-likeness (QED) is 0.861. The average Bonchev–Trinajstić information content (AvgIpc) is 2.82. The van der Waals surface area contributed by atoms with E-state index in [4.69, 9.17) is 16.3 Å². The van der Waals surface area contributed by atoms with Crippen LogP contribution in [0.4, 0.5) is 18.9 Å². The zero-order chi connectivity index (χ0) is 15.4. The standard InChI is InChI=1S/C15H17ClF3NO/c1-14(2)12(9-5-6-21-13(9)14)20-11-4-3-8(16)7-10(11)15(17,18)19/h3-4,7,9,12-13,20H,5-6H2,1-2H3. The van der Waals surface area contributed by atoms with Crippen molar-refractivity contribution < 1.29 is 17.9 Å². The van der Waals surface area contributed by atoms with E-state index >= 15 is 0 Å². The lowest BCUT2D eigenvalue weighted by Gasteiger charge is -2.55. The van der Waals surface area contributed by atoms with Gasteiger partial charge < -0.3 is 10.1 Å². The third-order valence-electron chi connectivity index (χ3n) is 4.70. The van der Waals surface area contributed by atoms with Crippen LogP contribution in [0.25, 0.3) is 0 Å². The summed E-state index contributed by atoms with van der Waals surface area (Å²) in [5.74, 6) is 0.275. The van der Waals surface area contributed by atoms with Crippen LogP contribution in [0, 0.1) is 11.3 Å². The van der Waals surface area contributed by atoms with Crippen molar-refractivity contribution in [2.75, 3.05) is 11.9 Å². The molecular weight excluding hydrogens is 303 g/mol. The summed E-state index contributed by atoms with van der Waals surface area (Å²) in [6.45, 7) is 4.74. The lowest BCUT2D eigenvalue weighted by Crippen LogP contribution is -2.63. The van der Waals surface area contributed by atoms with Crippen molar-refractivity contribution in [1.29, 1.82) is 0 Å². The molecule has 3 atom stereocenters. The summed E-state index contributed by atoms with van der Waals surface area (Å²) in [6, 6.07) is 3.84. The molecular formula is C15H17ClF3NO. The van der Waals surface area contributed by atoms with Crippen LogP contribution < -0.4 is 5.32 Å². The fourth-order valence-electron chi connectivity index (χ4n) is 3.66. The topological polar surface area (TPSA) is 21.3 Å². The summed E-state index contributed by atoms with van der Waals surface area (Å²) in [5, 5.41) is 3.17. The summed E-state index contributed by atoms with van der Waals surface area (Å²) in [7, 11) is 0. The van der Waals surface area contributed by atoms with Crippen LogP contribution in [-0.4, -0.2) is 18.8 Å². The second-order valence-electron chi connectivity index (χ2n) is 6.37. The van der Waals surface area contributed by atoms with Gasteiger partial charge in [-0.15, -0.1) is 0 Å². The van der Waals surface area contributed by atoms with Gasteiger partial charge in [0.15, 0.2) is 0 Å². The van der Waals surface area contributed by atoms with Gasteiger partial charge in [-0.05, 0) is 24.6 Å². The summed E-state index contributed by atoms with van der Waals surface area (Å²) in [4.78, 5) is 0. The van der Waals surface area contributed by atoms with Gasteiger partial charge in [0.05, 0.1) is 11.7 Å². The number of hydrogen-bond donors (Lipinski definition) is 1. The molecule has 1 aromatic rings. The molecule has 0 bridgehead atoms. The Morgan fingerprint density at radius 3 is 2.71 bits per heavy atom. The minimum Gasteiger partial charge on any atom is -0.381 e. The molecule has 3 rings (SSSR count). The highest BCUT2D eigenvalue weighted by Gasteiger charge is 2.59. The first kappa shape index (κ1) is 15.0. The highest BCUT2D eigenvalue weighted by Crippen LogP contribution is 2.53. The van der Waals surface area contributed by atoms with E-state index in [9.17, 15) is 13.2 Å². The van der Waals surface area contributed by atoms with Crippen molar-refractivity contribution in [3.8, 4) is 0 Å². The minimum atomic E-state index is -4.42. The number of anilines is 1. The Bertz CT molecular complexity index is 558. The number of rotatable bonds is 2. The molecule has 1 aromatic carbocycles. The third-order valence-corrected chi connectivity index (χ3v) is 4.93. The monoisotopic (exact) mass is 319 g/mol. The molecule has 0 spiro atoms. The molecule has 0 radical (unpaired) electrons. The summed E-state index contributed by atoms with van der Waals surface area (Å²) in [6.07, 6.45) is -3.40. The summed E-state index contributed by atoms with van der Waals surface area (Å²) >= 11 is 5.70. The van der Waals surface area contributed by atoms with E-state index in [1.165, 1.54) is 12.1 Å². The number of alkyl halides is 3. The van der Waals surface area contributed by atoms with Crippen molar-refractivity contribution in [3.05, 3.63) is 28.8 Å². The van der Waals surface area contributed by atoms with Crippen LogP contribution in [0.15, 0.2) is 18.2 Å². The largest absolute Gasteiger partial charge is 0.418 e. The van der Waals surface area contributed by atoms with Crippen molar-refractivity contribution in [2.24, 2.45) is 11.3 Å². The van der Waals surface area contributed by atoms with Crippen LogP contribution in [0.2, 0.25) is 5.02 Å². The molecule has 2 aliphatic rings. The number of benzene rings is 1. The van der Waals surface area contributed by atoms with Gasteiger partial charge in [-0.3, -0.25) is 0 Å². The van der Waals surface area contributed by atoms with E-state index in [-0.39, 0.29) is 34.2 Å². The van der Waals surface area contributed by atoms with Crippen molar-refractivity contribution >= 4 is 17.3 Å². The maximum atomic E-state index is 13.1. The van der Waals surface area contributed by atoms with E-state index in [1.807, 2.05) is 13.8 Å². The Balaban J connectivity index is 1.89. The average molecular weight is 320 g/mol. The molecule has 1 heterocycles. The van der Waals surface area contributed by atoms with Crippen LogP contribution in [0.1, 0.15) is 25.8 Å². The Hall–Kier alpha value is -0.940. The van der Waals surface area contributed by atoms with E-state index in [0.717, 1.165) is 12.5 Å². The zero-order valence-corrected chi connectivity index (χ0v) is 12.6. The van der Waals surface area contributed by atoms with Gasteiger partial charge in [-0.1, -0.05) is 25.4 Å². The maximum Gasteiger partial charge on any atom is 0.418 e. The fraction of sp³-hybridized carbons (Fsp3) is 0.600. The highest BCUT2D eigenvalue weighted by molar-refractivity contribution is 6.30. The number of halogens is 4. The van der Waals surface area contributed by atoms with Crippen molar-refractivity contribution in [1.82, 2.24) is 0 Å². The van der Waals surface area contributed by atoms with Crippen molar-refractivity contribution in [2.45, 2.75) is 38.6 Å². The minimum absolute atomic E-state index is 0.0210. The molecule has 1 saturated heterocycles. The lowest BCUT2D eigenvalue weighted by molar-refractivity contribution is -0.137. The van der Waals surface area contributed by atoms with Crippen LogP contribution in [0.5, 0.6) is 0 Å². The summed E-state index contributed by atoms with van der Waals surface area (Å²) < 4.78 is 45.1. The van der Waals surface area contributed by atoms with E-state index < -0.39 is 11.7 Å². The predicted octanol–water partition coefficient (Wildman–Crippen LogP) is 4.58. The fourth-order valence-corrected chi connectivity index (χ4v) is 3.83. The lowest BCUT2D eigenvalue weighted by atomic mass is 9.57. The number of hydrogen-bond acceptors (Lipinski definition) is 2. The Labute approximate surface area is 126 Å². The van der Waals surface area contributed by atoms with Gasteiger partial charge in [0.25, 0.3) is 0 Å². The third kappa shape index (κ3) is 2.40. The molecule has 1 aliphatic carbocycles. The predicted molar refractivity (Wildman–Crippen MR) is 75.5 cm³/mol. The molecule has 0 aromatic heterocycles. The van der Waals surface area contributed by atoms with Gasteiger partial charge in [0.2, 0.25) is 0 Å². The summed E-state index contributed by atoms with van der Waals surface area (Å²) in [5.41, 5.74) is -0.799. The van der Waals surface area contributed by atoms with Gasteiger partial charge in [-0.25, -0.2) is 0 Å². The highest BCUT2D eigenvalue weighted by atomic mass is 35.5. The molecule has 0 amide bonds. The van der Waals surface area contributed by atoms with Crippen LogP contribution >= 0.6 is 11.6 Å². The second-order valence-corrected chi connectivity index (χ2v) is 6.81. The van der Waals surface area contributed by atoms with Crippen LogP contribution in [0.3, 0.4) is 0 Å². The van der Waals surface area contributed by atoms with E-state index in [2.05, 4.69) is 5.32 Å². The van der Waals surface area contributed by atoms with E-state index in [1.54, 1.807) is 0 Å². The van der Waals surface area contributed by atoms with Crippen LogP contribution in [-0.2, 0) is 10.9 Å². The number of ether oxygens (including phenoxy) is 1. The maximum absolute atomic E-state index is 13.1. The number of fused-ring (bicyclic) bond motifs is 1. The van der Waals surface area contributed by atoms with Gasteiger partial charge in [0, 0.05) is 34.7 Å². The van der Waals surface area contributed by atoms with Gasteiger partial charge >= 0.3 is 6.18 Å².